The Labute approximate surface area is 195 Å². The van der Waals surface area contributed by atoms with Gasteiger partial charge < -0.3 is 24.3 Å². The number of hydrogen-bond acceptors (Lipinski definition) is 7. The maximum absolute atomic E-state index is 13.5. The van der Waals surface area contributed by atoms with Gasteiger partial charge in [-0.05, 0) is 37.7 Å². The molecule has 2 atom stereocenters. The average Bonchev–Trinajstić information content (AvgIpc) is 3.28. The van der Waals surface area contributed by atoms with Crippen molar-refractivity contribution >= 4 is 11.8 Å². The molecule has 3 aliphatic rings. The van der Waals surface area contributed by atoms with Crippen molar-refractivity contribution in [2.45, 2.75) is 58.5 Å². The molecular formula is C26H33NO6. The number of hydrogen-bond donors (Lipinski definition) is 1. The number of rotatable bonds is 6. The van der Waals surface area contributed by atoms with E-state index in [4.69, 9.17) is 18.9 Å². The number of ether oxygens (including phenoxy) is 4. The molecular weight excluding hydrogens is 422 g/mol. The van der Waals surface area contributed by atoms with Crippen molar-refractivity contribution < 1.29 is 28.5 Å². The quantitative estimate of drug-likeness (QED) is 0.649. The summed E-state index contributed by atoms with van der Waals surface area (Å²) in [5.41, 5.74) is 3.12. The molecule has 1 aromatic rings. The molecule has 1 N–H and O–H groups in total. The monoisotopic (exact) mass is 455 g/mol. The summed E-state index contributed by atoms with van der Waals surface area (Å²) in [6, 6.07) is 5.53. The van der Waals surface area contributed by atoms with E-state index in [9.17, 15) is 9.59 Å². The molecule has 0 aromatic heterocycles. The van der Waals surface area contributed by atoms with Crippen LogP contribution in [0.25, 0.3) is 0 Å². The molecule has 0 spiro atoms. The molecule has 7 heteroatoms. The number of nitrogens with one attached hydrogen (secondary N) is 1. The van der Waals surface area contributed by atoms with Crippen molar-refractivity contribution in [3.8, 4) is 11.5 Å². The largest absolute Gasteiger partial charge is 0.493 e. The van der Waals surface area contributed by atoms with Gasteiger partial charge in [0.25, 0.3) is 0 Å². The standard InChI is InChI=1S/C26H33NO6/c1-15-21(25(29)33-14-16-8-7-11-32-16)22(17-9-6-10-20(30-4)24(17)31-5)23-18(27-15)12-26(2,3)13-19(23)28/h6,9-10,16,22,27H,7-8,11-14H2,1-5H3/t16-,22-/m1/s1. The van der Waals surface area contributed by atoms with Crippen molar-refractivity contribution in [2.24, 2.45) is 5.41 Å². The van der Waals surface area contributed by atoms with Gasteiger partial charge >= 0.3 is 5.97 Å². The van der Waals surface area contributed by atoms with Gasteiger partial charge in [0.15, 0.2) is 17.3 Å². The van der Waals surface area contributed by atoms with Gasteiger partial charge in [-0.3, -0.25) is 4.79 Å². The van der Waals surface area contributed by atoms with Gasteiger partial charge in [0, 0.05) is 35.6 Å². The summed E-state index contributed by atoms with van der Waals surface area (Å²) < 4.78 is 22.5. The van der Waals surface area contributed by atoms with Crippen LogP contribution < -0.4 is 14.8 Å². The third-order valence-corrected chi connectivity index (χ3v) is 6.63. The fourth-order valence-electron chi connectivity index (χ4n) is 5.18. The number of carbonyl (C=O) groups is 2. The molecule has 33 heavy (non-hydrogen) atoms. The molecule has 2 heterocycles. The molecule has 1 fully saturated rings. The van der Waals surface area contributed by atoms with E-state index < -0.39 is 11.9 Å². The van der Waals surface area contributed by atoms with Gasteiger partial charge in [-0.2, -0.15) is 0 Å². The van der Waals surface area contributed by atoms with Gasteiger partial charge in [0.2, 0.25) is 0 Å². The number of dihydropyridines is 1. The Kier molecular flexibility index (Phi) is 6.52. The first kappa shape index (κ1) is 23.4. The predicted molar refractivity (Wildman–Crippen MR) is 123 cm³/mol. The maximum Gasteiger partial charge on any atom is 0.336 e. The van der Waals surface area contributed by atoms with Crippen LogP contribution >= 0.6 is 0 Å². The molecule has 0 radical (unpaired) electrons. The summed E-state index contributed by atoms with van der Waals surface area (Å²) in [4.78, 5) is 26.9. The van der Waals surface area contributed by atoms with E-state index in [2.05, 4.69) is 19.2 Å². The van der Waals surface area contributed by atoms with E-state index in [1.807, 2.05) is 19.1 Å². The number of Topliss-reactive ketones (excluding diaryl/α,β-unsaturated/α-hetero) is 1. The van der Waals surface area contributed by atoms with Crippen LogP contribution in [0.2, 0.25) is 0 Å². The van der Waals surface area contributed by atoms with Crippen molar-refractivity contribution in [1.29, 1.82) is 0 Å². The Morgan fingerprint density at radius 3 is 2.67 bits per heavy atom. The van der Waals surface area contributed by atoms with Crippen LogP contribution in [0, 0.1) is 5.41 Å². The minimum absolute atomic E-state index is 0.0283. The van der Waals surface area contributed by atoms with Crippen LogP contribution in [0.4, 0.5) is 0 Å². The highest BCUT2D eigenvalue weighted by molar-refractivity contribution is 6.04. The summed E-state index contributed by atoms with van der Waals surface area (Å²) in [6.07, 6.45) is 2.89. The fourth-order valence-corrected chi connectivity index (χ4v) is 5.18. The lowest BCUT2D eigenvalue weighted by molar-refractivity contribution is -0.142. The zero-order valence-corrected chi connectivity index (χ0v) is 20.1. The lowest BCUT2D eigenvalue weighted by atomic mass is 9.68. The van der Waals surface area contributed by atoms with E-state index in [1.54, 1.807) is 20.3 Å². The van der Waals surface area contributed by atoms with Crippen LogP contribution in [0.1, 0.15) is 57.9 Å². The van der Waals surface area contributed by atoms with E-state index in [0.29, 0.717) is 53.4 Å². The van der Waals surface area contributed by atoms with Crippen LogP contribution in [-0.2, 0) is 19.1 Å². The highest BCUT2D eigenvalue weighted by Gasteiger charge is 2.44. The Bertz CT molecular complexity index is 1020. The highest BCUT2D eigenvalue weighted by Crippen LogP contribution is 2.50. The number of methoxy groups -OCH3 is 2. The fraction of sp³-hybridized carbons (Fsp3) is 0.538. The second-order valence-electron chi connectivity index (χ2n) is 9.75. The molecule has 1 aliphatic carbocycles. The van der Waals surface area contributed by atoms with Gasteiger partial charge in [-0.15, -0.1) is 0 Å². The Hall–Kier alpha value is -2.80. The molecule has 2 aliphatic heterocycles. The first-order valence-electron chi connectivity index (χ1n) is 11.5. The third kappa shape index (κ3) is 4.51. The first-order valence-corrected chi connectivity index (χ1v) is 11.5. The van der Waals surface area contributed by atoms with E-state index in [-0.39, 0.29) is 23.9 Å². The molecule has 4 rings (SSSR count). The molecule has 0 bridgehead atoms. The number of allylic oxidation sites excluding steroid dienone is 3. The summed E-state index contributed by atoms with van der Waals surface area (Å²) in [6.45, 7) is 6.92. The molecule has 0 saturated carbocycles. The molecule has 7 nitrogen and oxygen atoms in total. The summed E-state index contributed by atoms with van der Waals surface area (Å²) >= 11 is 0. The lowest BCUT2D eigenvalue weighted by Gasteiger charge is -2.39. The highest BCUT2D eigenvalue weighted by atomic mass is 16.6. The van der Waals surface area contributed by atoms with Crippen LogP contribution in [0.5, 0.6) is 11.5 Å². The minimum atomic E-state index is -0.605. The zero-order valence-electron chi connectivity index (χ0n) is 20.1. The summed E-state index contributed by atoms with van der Waals surface area (Å²) in [5, 5.41) is 3.36. The van der Waals surface area contributed by atoms with Gasteiger partial charge in [-0.1, -0.05) is 26.0 Å². The number of benzene rings is 1. The van der Waals surface area contributed by atoms with Gasteiger partial charge in [-0.25, -0.2) is 4.79 Å². The van der Waals surface area contributed by atoms with E-state index in [1.165, 1.54) is 0 Å². The second kappa shape index (κ2) is 9.21. The van der Waals surface area contributed by atoms with Crippen LogP contribution in [-0.4, -0.2) is 45.3 Å². The third-order valence-electron chi connectivity index (χ3n) is 6.63. The molecule has 1 saturated heterocycles. The summed E-state index contributed by atoms with van der Waals surface area (Å²) in [5.74, 6) is 0.0274. The number of ketones is 1. The number of esters is 1. The average molecular weight is 456 g/mol. The van der Waals surface area contributed by atoms with Crippen molar-refractivity contribution in [1.82, 2.24) is 5.32 Å². The minimum Gasteiger partial charge on any atom is -0.493 e. The van der Waals surface area contributed by atoms with E-state index >= 15 is 0 Å². The Morgan fingerprint density at radius 1 is 1.21 bits per heavy atom. The Balaban J connectivity index is 1.80. The maximum atomic E-state index is 13.5. The molecule has 1 aromatic carbocycles. The molecule has 0 amide bonds. The number of para-hydroxylation sites is 1. The Morgan fingerprint density at radius 2 is 2.00 bits per heavy atom. The SMILES string of the molecule is COc1cccc([C@@H]2C(C(=O)OC[C@H]3CCCO3)=C(C)NC3=C2C(=O)CC(C)(C)C3)c1OC. The number of carbonyl (C=O) groups excluding carboxylic acids is 2. The second-order valence-corrected chi connectivity index (χ2v) is 9.75. The van der Waals surface area contributed by atoms with Gasteiger partial charge in [0.05, 0.1) is 31.8 Å². The smallest absolute Gasteiger partial charge is 0.336 e. The van der Waals surface area contributed by atoms with E-state index in [0.717, 1.165) is 18.5 Å². The normalized spacial score (nSPS) is 24.3. The van der Waals surface area contributed by atoms with Crippen LogP contribution in [0.3, 0.4) is 0 Å². The zero-order chi connectivity index (χ0) is 23.8. The topological polar surface area (TPSA) is 83.1 Å². The first-order chi connectivity index (χ1) is 15.8. The van der Waals surface area contributed by atoms with Crippen molar-refractivity contribution in [2.75, 3.05) is 27.4 Å². The van der Waals surface area contributed by atoms with Crippen molar-refractivity contribution in [3.63, 3.8) is 0 Å². The van der Waals surface area contributed by atoms with Gasteiger partial charge in [0.1, 0.15) is 6.61 Å². The lowest BCUT2D eigenvalue weighted by Crippen LogP contribution is -2.39. The molecule has 178 valence electrons. The molecule has 0 unspecified atom stereocenters. The summed E-state index contributed by atoms with van der Waals surface area (Å²) in [7, 11) is 3.14. The van der Waals surface area contributed by atoms with Crippen molar-refractivity contribution in [3.05, 3.63) is 46.3 Å². The van der Waals surface area contributed by atoms with Crippen LogP contribution in [0.15, 0.2) is 40.7 Å². The predicted octanol–water partition coefficient (Wildman–Crippen LogP) is 4.03.